The summed E-state index contributed by atoms with van der Waals surface area (Å²) in [5.74, 6) is 0.125. The molecule has 0 fully saturated rings. The van der Waals surface area contributed by atoms with Gasteiger partial charge >= 0.3 is 0 Å². The van der Waals surface area contributed by atoms with E-state index < -0.39 is 6.04 Å². The predicted molar refractivity (Wildman–Crippen MR) is 110 cm³/mol. The molecule has 156 valence electrons. The lowest BCUT2D eigenvalue weighted by atomic mass is 10.2. The summed E-state index contributed by atoms with van der Waals surface area (Å²) >= 11 is 0. The van der Waals surface area contributed by atoms with Crippen LogP contribution in [0.1, 0.15) is 19.4 Å². The zero-order chi connectivity index (χ0) is 21.4. The maximum atomic E-state index is 13.4. The van der Waals surface area contributed by atoms with E-state index in [1.165, 1.54) is 12.1 Å². The van der Waals surface area contributed by atoms with Crippen molar-refractivity contribution in [2.24, 2.45) is 0 Å². The topological polar surface area (TPSA) is 63.1 Å². The first-order chi connectivity index (χ1) is 13.8. The van der Waals surface area contributed by atoms with Crippen molar-refractivity contribution in [3.05, 3.63) is 59.9 Å². The fourth-order valence-electron chi connectivity index (χ4n) is 3.16. The van der Waals surface area contributed by atoms with Gasteiger partial charge in [0.05, 0.1) is 13.7 Å². The lowest BCUT2D eigenvalue weighted by molar-refractivity contribution is -0.904. The van der Waals surface area contributed by atoms with Gasteiger partial charge in [-0.15, -0.1) is 0 Å². The number of anilines is 1. The van der Waals surface area contributed by atoms with Crippen molar-refractivity contribution in [1.82, 2.24) is 4.90 Å². The number of nitrogens with zero attached hydrogens (tertiary/aromatic N) is 1. The summed E-state index contributed by atoms with van der Waals surface area (Å²) in [6.45, 7) is 4.85. The van der Waals surface area contributed by atoms with Gasteiger partial charge in [0, 0.05) is 19.3 Å². The number of benzene rings is 2. The van der Waals surface area contributed by atoms with Gasteiger partial charge in [-0.2, -0.15) is 0 Å². The Morgan fingerprint density at radius 1 is 1.21 bits per heavy atom. The number of hydrogen-bond acceptors (Lipinski definition) is 3. The molecule has 0 aliphatic carbocycles. The van der Waals surface area contributed by atoms with Crippen LogP contribution in [0.25, 0.3) is 0 Å². The second-order valence-corrected chi connectivity index (χ2v) is 7.01. The van der Waals surface area contributed by atoms with Gasteiger partial charge in [-0.1, -0.05) is 12.1 Å². The largest absolute Gasteiger partial charge is 0.497 e. The highest BCUT2D eigenvalue weighted by Gasteiger charge is 2.28. The average molecular weight is 402 g/mol. The third kappa shape index (κ3) is 6.57. The smallest absolute Gasteiger partial charge is 0.280 e. The van der Waals surface area contributed by atoms with Gasteiger partial charge in [-0.3, -0.25) is 9.59 Å². The Hall–Kier alpha value is -2.93. The van der Waals surface area contributed by atoms with Crippen molar-refractivity contribution in [1.29, 1.82) is 0 Å². The molecule has 2 aromatic carbocycles. The van der Waals surface area contributed by atoms with E-state index in [1.54, 1.807) is 55.5 Å². The third-order valence-electron chi connectivity index (χ3n) is 4.88. The number of methoxy groups -OCH3 is 1. The summed E-state index contributed by atoms with van der Waals surface area (Å²) in [6.07, 6.45) is 0. The van der Waals surface area contributed by atoms with E-state index in [9.17, 15) is 14.0 Å². The van der Waals surface area contributed by atoms with Crippen LogP contribution in [0.2, 0.25) is 0 Å². The van der Waals surface area contributed by atoms with E-state index in [0.717, 1.165) is 10.5 Å². The number of ether oxygens (including phenoxy) is 1. The molecule has 0 radical (unpaired) electrons. The molecule has 29 heavy (non-hydrogen) atoms. The van der Waals surface area contributed by atoms with Crippen molar-refractivity contribution in [2.45, 2.75) is 26.4 Å². The Bertz CT molecular complexity index is 826. The fraction of sp³-hybridized carbons (Fsp3) is 0.364. The molecule has 2 aromatic rings. The van der Waals surface area contributed by atoms with Crippen LogP contribution in [0, 0.1) is 5.82 Å². The summed E-state index contributed by atoms with van der Waals surface area (Å²) in [7, 11) is 3.27. The fourth-order valence-corrected chi connectivity index (χ4v) is 3.16. The van der Waals surface area contributed by atoms with E-state index in [2.05, 4.69) is 5.32 Å². The van der Waals surface area contributed by atoms with E-state index in [0.29, 0.717) is 24.5 Å². The highest BCUT2D eigenvalue weighted by molar-refractivity contribution is 5.91. The van der Waals surface area contributed by atoms with Crippen molar-refractivity contribution in [2.75, 3.05) is 32.6 Å². The Morgan fingerprint density at radius 2 is 1.90 bits per heavy atom. The minimum atomic E-state index is -0.403. The van der Waals surface area contributed by atoms with Crippen molar-refractivity contribution < 1.29 is 23.6 Å². The molecule has 2 amide bonds. The van der Waals surface area contributed by atoms with Crippen molar-refractivity contribution in [3.63, 3.8) is 0 Å². The molecule has 1 unspecified atom stereocenters. The van der Waals surface area contributed by atoms with E-state index in [-0.39, 0.29) is 24.2 Å². The van der Waals surface area contributed by atoms with Crippen molar-refractivity contribution >= 4 is 17.5 Å². The minimum absolute atomic E-state index is 0.0941. The van der Waals surface area contributed by atoms with E-state index in [1.807, 2.05) is 13.8 Å². The summed E-state index contributed by atoms with van der Waals surface area (Å²) in [6, 6.07) is 12.9. The van der Waals surface area contributed by atoms with Crippen LogP contribution in [0.15, 0.2) is 48.5 Å². The lowest BCUT2D eigenvalue weighted by Crippen LogP contribution is -3.17. The maximum Gasteiger partial charge on any atom is 0.280 e. The molecule has 0 saturated carbocycles. The number of nitrogens with one attached hydrogen (secondary N) is 2. The molecular weight excluding hydrogens is 373 g/mol. The van der Waals surface area contributed by atoms with Crippen LogP contribution in [0.3, 0.4) is 0 Å². The number of carbonyl (C=O) groups excluding carboxylic acids is 2. The first-order valence-electron chi connectivity index (χ1n) is 9.62. The monoisotopic (exact) mass is 402 g/mol. The minimum Gasteiger partial charge on any atom is -0.497 e. The zero-order valence-corrected chi connectivity index (χ0v) is 17.4. The number of halogens is 1. The van der Waals surface area contributed by atoms with Gasteiger partial charge in [0.25, 0.3) is 11.8 Å². The van der Waals surface area contributed by atoms with E-state index in [4.69, 9.17) is 4.74 Å². The van der Waals surface area contributed by atoms with Crippen LogP contribution in [-0.2, 0) is 16.1 Å². The number of rotatable bonds is 9. The van der Waals surface area contributed by atoms with Crippen LogP contribution >= 0.6 is 0 Å². The highest BCUT2D eigenvalue weighted by atomic mass is 19.1. The molecule has 2 rings (SSSR count). The Kier molecular flexibility index (Phi) is 8.15. The average Bonchev–Trinajstić information content (AvgIpc) is 2.71. The number of likely N-dealkylation sites (N-methyl/N-ethyl adjacent to an activating group) is 2. The quantitative estimate of drug-likeness (QED) is 0.672. The second kappa shape index (κ2) is 10.6. The molecule has 0 spiro atoms. The van der Waals surface area contributed by atoms with Gasteiger partial charge in [-0.25, -0.2) is 4.39 Å². The maximum absolute atomic E-state index is 13.4. The molecule has 6 nitrogen and oxygen atoms in total. The zero-order valence-electron chi connectivity index (χ0n) is 17.4. The predicted octanol–water partition coefficient (Wildman–Crippen LogP) is 1.72. The Labute approximate surface area is 171 Å². The number of hydrogen-bond donors (Lipinski definition) is 2. The van der Waals surface area contributed by atoms with E-state index >= 15 is 0 Å². The van der Waals surface area contributed by atoms with Gasteiger partial charge < -0.3 is 19.9 Å². The van der Waals surface area contributed by atoms with Crippen LogP contribution in [0.4, 0.5) is 10.1 Å². The molecule has 7 heteroatoms. The van der Waals surface area contributed by atoms with Crippen LogP contribution < -0.4 is 15.0 Å². The molecule has 2 N–H and O–H groups in total. The molecule has 0 aliphatic rings. The summed E-state index contributed by atoms with van der Waals surface area (Å²) in [5.41, 5.74) is 1.40. The lowest BCUT2D eigenvalue weighted by Gasteiger charge is -2.27. The van der Waals surface area contributed by atoms with Crippen molar-refractivity contribution in [3.8, 4) is 5.75 Å². The molecule has 0 aromatic heterocycles. The SMILES string of the molecule is CC[NH+](CC(=O)Nc1ccc(OC)cc1)[C@H](C)C(=O)N(C)Cc1cccc(F)c1. The highest BCUT2D eigenvalue weighted by Crippen LogP contribution is 2.14. The van der Waals surface area contributed by atoms with Gasteiger partial charge in [0.1, 0.15) is 11.6 Å². The first kappa shape index (κ1) is 22.4. The van der Waals surface area contributed by atoms with Gasteiger partial charge in [0.15, 0.2) is 12.6 Å². The standard InChI is InChI=1S/C22H28FN3O3/c1-5-26(15-21(27)24-19-9-11-20(29-4)12-10-19)16(2)22(28)25(3)14-17-7-6-8-18(23)13-17/h6-13,16H,5,14-15H2,1-4H3,(H,24,27)/p+1/t16-/m1/s1. The molecule has 0 aliphatic heterocycles. The number of amides is 2. The number of carbonyl (C=O) groups is 2. The molecule has 0 heterocycles. The number of quaternary nitrogens is 1. The molecule has 2 atom stereocenters. The summed E-state index contributed by atoms with van der Waals surface area (Å²) < 4.78 is 18.5. The Balaban J connectivity index is 1.94. The van der Waals surface area contributed by atoms with Gasteiger partial charge in [-0.05, 0) is 55.8 Å². The Morgan fingerprint density at radius 3 is 2.48 bits per heavy atom. The third-order valence-corrected chi connectivity index (χ3v) is 4.88. The molecular formula is C22H29FN3O3+. The molecule has 0 saturated heterocycles. The van der Waals surface area contributed by atoms with Crippen LogP contribution in [0.5, 0.6) is 5.75 Å². The molecule has 0 bridgehead atoms. The second-order valence-electron chi connectivity index (χ2n) is 7.01. The van der Waals surface area contributed by atoms with Crippen LogP contribution in [-0.4, -0.2) is 50.0 Å². The van der Waals surface area contributed by atoms with Gasteiger partial charge in [0.2, 0.25) is 0 Å². The summed E-state index contributed by atoms with van der Waals surface area (Å²) in [4.78, 5) is 27.7. The first-order valence-corrected chi connectivity index (χ1v) is 9.62. The normalized spacial score (nSPS) is 12.7. The summed E-state index contributed by atoms with van der Waals surface area (Å²) in [5, 5.41) is 2.85.